The Hall–Kier alpha value is -2.34. The summed E-state index contributed by atoms with van der Waals surface area (Å²) in [6.07, 6.45) is 0. The SMILES string of the molecule is Cc1cc(C)n([C@@H](CNC(=O)c2cc(C)oc2C)c2cccs2)n1. The quantitative estimate of drug-likeness (QED) is 0.767. The second-order valence-electron chi connectivity index (χ2n) is 5.94. The molecule has 126 valence electrons. The van der Waals surface area contributed by atoms with Crippen molar-refractivity contribution in [1.29, 1.82) is 0 Å². The first kappa shape index (κ1) is 16.5. The van der Waals surface area contributed by atoms with E-state index in [0.29, 0.717) is 17.9 Å². The summed E-state index contributed by atoms with van der Waals surface area (Å²) >= 11 is 1.67. The Balaban J connectivity index is 1.82. The average Bonchev–Trinajstić information content (AvgIpc) is 3.22. The van der Waals surface area contributed by atoms with E-state index in [1.54, 1.807) is 24.3 Å². The highest BCUT2D eigenvalue weighted by atomic mass is 32.1. The van der Waals surface area contributed by atoms with Crippen LogP contribution in [0.5, 0.6) is 0 Å². The van der Waals surface area contributed by atoms with Crippen LogP contribution >= 0.6 is 11.3 Å². The van der Waals surface area contributed by atoms with Crippen molar-refractivity contribution in [2.45, 2.75) is 33.7 Å². The van der Waals surface area contributed by atoms with E-state index in [9.17, 15) is 4.79 Å². The third-order valence-corrected chi connectivity index (χ3v) is 4.93. The van der Waals surface area contributed by atoms with Gasteiger partial charge in [0.1, 0.15) is 17.6 Å². The average molecular weight is 343 g/mol. The standard InChI is InChI=1S/C18H21N3O2S/c1-11-8-12(2)21(20-11)16(17-6-5-7-24-17)10-19-18(22)15-9-13(3)23-14(15)4/h5-9,16H,10H2,1-4H3,(H,19,22)/t16-/m0/s1. The summed E-state index contributed by atoms with van der Waals surface area (Å²) in [5.41, 5.74) is 2.64. The first-order chi connectivity index (χ1) is 11.5. The van der Waals surface area contributed by atoms with Gasteiger partial charge in [-0.05, 0) is 51.3 Å². The summed E-state index contributed by atoms with van der Waals surface area (Å²) < 4.78 is 7.43. The number of carbonyl (C=O) groups is 1. The number of nitrogens with zero attached hydrogens (tertiary/aromatic N) is 2. The fourth-order valence-corrected chi connectivity index (χ4v) is 3.70. The van der Waals surface area contributed by atoms with Crippen LogP contribution in [0.25, 0.3) is 0 Å². The second kappa shape index (κ2) is 6.65. The Labute approximate surface area is 145 Å². The Morgan fingerprint density at radius 1 is 1.33 bits per heavy atom. The third-order valence-electron chi connectivity index (χ3n) is 3.95. The van der Waals surface area contributed by atoms with E-state index in [0.717, 1.165) is 17.1 Å². The minimum atomic E-state index is -0.118. The van der Waals surface area contributed by atoms with Gasteiger partial charge in [-0.2, -0.15) is 5.10 Å². The lowest BCUT2D eigenvalue weighted by molar-refractivity contribution is 0.0947. The van der Waals surface area contributed by atoms with Crippen molar-refractivity contribution in [3.05, 3.63) is 63.0 Å². The lowest BCUT2D eigenvalue weighted by Crippen LogP contribution is -2.32. The molecule has 5 nitrogen and oxygen atoms in total. The smallest absolute Gasteiger partial charge is 0.254 e. The molecule has 0 aliphatic heterocycles. The van der Waals surface area contributed by atoms with Crippen molar-refractivity contribution in [2.24, 2.45) is 0 Å². The van der Waals surface area contributed by atoms with E-state index in [2.05, 4.69) is 16.5 Å². The fraction of sp³-hybridized carbons (Fsp3) is 0.333. The number of hydrogen-bond acceptors (Lipinski definition) is 4. The van der Waals surface area contributed by atoms with E-state index in [1.807, 2.05) is 43.0 Å². The number of carbonyl (C=O) groups excluding carboxylic acids is 1. The maximum Gasteiger partial charge on any atom is 0.254 e. The zero-order chi connectivity index (χ0) is 17.3. The van der Waals surface area contributed by atoms with Crippen LogP contribution < -0.4 is 5.32 Å². The van der Waals surface area contributed by atoms with Gasteiger partial charge < -0.3 is 9.73 Å². The van der Waals surface area contributed by atoms with Crippen molar-refractivity contribution < 1.29 is 9.21 Å². The molecule has 0 bridgehead atoms. The minimum Gasteiger partial charge on any atom is -0.466 e. The molecule has 0 aliphatic rings. The molecule has 0 saturated heterocycles. The zero-order valence-electron chi connectivity index (χ0n) is 14.3. The fourth-order valence-electron chi connectivity index (χ4n) is 2.89. The summed E-state index contributed by atoms with van der Waals surface area (Å²) in [6, 6.07) is 7.89. The van der Waals surface area contributed by atoms with Gasteiger partial charge in [0.25, 0.3) is 5.91 Å². The first-order valence-electron chi connectivity index (χ1n) is 7.87. The molecule has 0 aromatic carbocycles. The molecular weight excluding hydrogens is 322 g/mol. The van der Waals surface area contributed by atoms with Gasteiger partial charge in [0.05, 0.1) is 11.3 Å². The molecule has 3 heterocycles. The van der Waals surface area contributed by atoms with Crippen molar-refractivity contribution in [2.75, 3.05) is 6.54 Å². The minimum absolute atomic E-state index is 0.0176. The molecular formula is C18H21N3O2S. The first-order valence-corrected chi connectivity index (χ1v) is 8.75. The Bertz CT molecular complexity index is 846. The van der Waals surface area contributed by atoms with Crippen molar-refractivity contribution >= 4 is 17.2 Å². The number of aryl methyl sites for hydroxylation is 4. The molecule has 24 heavy (non-hydrogen) atoms. The molecule has 0 aliphatic carbocycles. The summed E-state index contributed by atoms with van der Waals surface area (Å²) in [5.74, 6) is 1.27. The van der Waals surface area contributed by atoms with Crippen LogP contribution in [0, 0.1) is 27.7 Å². The molecule has 0 saturated carbocycles. The van der Waals surface area contributed by atoms with Crippen molar-refractivity contribution in [3.63, 3.8) is 0 Å². The van der Waals surface area contributed by atoms with Gasteiger partial charge in [-0.25, -0.2) is 0 Å². The van der Waals surface area contributed by atoms with E-state index >= 15 is 0 Å². The molecule has 3 aromatic heterocycles. The molecule has 0 fully saturated rings. The van der Waals surface area contributed by atoms with Gasteiger partial charge in [-0.1, -0.05) is 6.07 Å². The lowest BCUT2D eigenvalue weighted by Gasteiger charge is -2.18. The second-order valence-corrected chi connectivity index (χ2v) is 6.92. The van der Waals surface area contributed by atoms with Crippen molar-refractivity contribution in [1.82, 2.24) is 15.1 Å². The third kappa shape index (κ3) is 3.28. The summed E-state index contributed by atoms with van der Waals surface area (Å²) in [5, 5.41) is 9.66. The van der Waals surface area contributed by atoms with Crippen LogP contribution in [0.4, 0.5) is 0 Å². The number of amides is 1. The zero-order valence-corrected chi connectivity index (χ0v) is 15.1. The monoisotopic (exact) mass is 343 g/mol. The van der Waals surface area contributed by atoms with Crippen LogP contribution in [-0.4, -0.2) is 22.2 Å². The van der Waals surface area contributed by atoms with E-state index < -0.39 is 0 Å². The van der Waals surface area contributed by atoms with Crippen LogP contribution in [0.2, 0.25) is 0 Å². The molecule has 1 atom stereocenters. The van der Waals surface area contributed by atoms with Gasteiger partial charge in [0.2, 0.25) is 0 Å². The molecule has 0 radical (unpaired) electrons. The molecule has 3 rings (SSSR count). The molecule has 1 N–H and O–H groups in total. The molecule has 6 heteroatoms. The Morgan fingerprint density at radius 3 is 2.67 bits per heavy atom. The maximum absolute atomic E-state index is 12.5. The summed E-state index contributed by atoms with van der Waals surface area (Å²) in [6.45, 7) is 8.13. The normalized spacial score (nSPS) is 12.3. The van der Waals surface area contributed by atoms with Gasteiger partial charge in [-0.3, -0.25) is 9.48 Å². The Morgan fingerprint density at radius 2 is 2.12 bits per heavy atom. The molecule has 0 spiro atoms. The van der Waals surface area contributed by atoms with Crippen LogP contribution in [-0.2, 0) is 0 Å². The maximum atomic E-state index is 12.5. The Kier molecular flexibility index (Phi) is 4.57. The predicted octanol–water partition coefficient (Wildman–Crippen LogP) is 3.79. The highest BCUT2D eigenvalue weighted by Crippen LogP contribution is 2.24. The van der Waals surface area contributed by atoms with Crippen LogP contribution in [0.15, 0.2) is 34.1 Å². The van der Waals surface area contributed by atoms with Gasteiger partial charge >= 0.3 is 0 Å². The van der Waals surface area contributed by atoms with Gasteiger partial charge in [-0.15, -0.1) is 11.3 Å². The number of thiophene rings is 1. The number of rotatable bonds is 5. The lowest BCUT2D eigenvalue weighted by atomic mass is 10.2. The number of hydrogen-bond donors (Lipinski definition) is 1. The summed E-state index contributed by atoms with van der Waals surface area (Å²) in [4.78, 5) is 13.6. The highest BCUT2D eigenvalue weighted by molar-refractivity contribution is 7.10. The number of nitrogens with one attached hydrogen (secondary N) is 1. The van der Waals surface area contributed by atoms with E-state index in [4.69, 9.17) is 4.42 Å². The molecule has 0 unspecified atom stereocenters. The van der Waals surface area contributed by atoms with Crippen molar-refractivity contribution in [3.8, 4) is 0 Å². The predicted molar refractivity (Wildman–Crippen MR) is 94.7 cm³/mol. The number of aromatic nitrogens is 2. The van der Waals surface area contributed by atoms with Crippen LogP contribution in [0.3, 0.4) is 0 Å². The summed E-state index contributed by atoms with van der Waals surface area (Å²) in [7, 11) is 0. The van der Waals surface area contributed by atoms with E-state index in [-0.39, 0.29) is 11.9 Å². The van der Waals surface area contributed by atoms with Crippen LogP contribution in [0.1, 0.15) is 44.2 Å². The molecule has 1 amide bonds. The highest BCUT2D eigenvalue weighted by Gasteiger charge is 2.20. The molecule has 3 aromatic rings. The number of furan rings is 1. The largest absolute Gasteiger partial charge is 0.466 e. The van der Waals surface area contributed by atoms with Gasteiger partial charge in [0, 0.05) is 17.1 Å². The van der Waals surface area contributed by atoms with E-state index in [1.165, 1.54) is 4.88 Å². The topological polar surface area (TPSA) is 60.1 Å². The van der Waals surface area contributed by atoms with Gasteiger partial charge in [0.15, 0.2) is 0 Å².